The van der Waals surface area contributed by atoms with Crippen molar-refractivity contribution >= 4 is 29.3 Å². The molecule has 1 heterocycles. The number of hydrogen-bond donors (Lipinski definition) is 2. The summed E-state index contributed by atoms with van der Waals surface area (Å²) in [6.45, 7) is 14.7. The quantitative estimate of drug-likeness (QED) is 0.492. The van der Waals surface area contributed by atoms with Crippen LogP contribution in [0.3, 0.4) is 0 Å². The van der Waals surface area contributed by atoms with Gasteiger partial charge in [0.1, 0.15) is 11.6 Å². The maximum Gasteiger partial charge on any atom is 0.266 e. The van der Waals surface area contributed by atoms with E-state index in [4.69, 9.17) is 0 Å². The predicted molar refractivity (Wildman–Crippen MR) is 125 cm³/mol. The van der Waals surface area contributed by atoms with E-state index >= 15 is 0 Å². The second-order valence-corrected chi connectivity index (χ2v) is 9.24. The molecule has 0 saturated carbocycles. The first-order valence-electron chi connectivity index (χ1n) is 10.4. The normalized spacial score (nSPS) is 11.9. The molecule has 0 aliphatic heterocycles. The summed E-state index contributed by atoms with van der Waals surface area (Å²) in [7, 11) is 0. The third-order valence-corrected chi connectivity index (χ3v) is 4.88. The monoisotopic (exact) mass is 420 g/mol. The van der Waals surface area contributed by atoms with Crippen molar-refractivity contribution in [3.63, 3.8) is 0 Å². The number of nitriles is 1. The first-order chi connectivity index (χ1) is 14.4. The van der Waals surface area contributed by atoms with Crippen LogP contribution < -0.4 is 10.6 Å². The Morgan fingerprint density at radius 1 is 1.13 bits per heavy atom. The molecule has 2 aromatic rings. The zero-order chi connectivity index (χ0) is 23.3. The first-order valence-corrected chi connectivity index (χ1v) is 10.4. The van der Waals surface area contributed by atoms with Gasteiger partial charge < -0.3 is 15.2 Å². The van der Waals surface area contributed by atoms with E-state index in [9.17, 15) is 14.9 Å². The molecule has 0 saturated heterocycles. The number of nitrogens with zero attached hydrogens (tertiary/aromatic N) is 2. The lowest BCUT2D eigenvalue weighted by Crippen LogP contribution is -2.27. The zero-order valence-electron chi connectivity index (χ0n) is 19.5. The second-order valence-electron chi connectivity index (χ2n) is 9.24. The number of anilines is 2. The van der Waals surface area contributed by atoms with Gasteiger partial charge in [-0.25, -0.2) is 0 Å². The number of carbonyl (C=O) groups excluding carboxylic acids is 2. The van der Waals surface area contributed by atoms with Crippen molar-refractivity contribution in [2.75, 3.05) is 10.6 Å². The molecule has 0 fully saturated rings. The topological polar surface area (TPSA) is 86.9 Å². The van der Waals surface area contributed by atoms with Crippen molar-refractivity contribution in [1.29, 1.82) is 5.26 Å². The minimum absolute atomic E-state index is 0.0222. The van der Waals surface area contributed by atoms with Crippen LogP contribution in [-0.2, 0) is 16.1 Å². The highest BCUT2D eigenvalue weighted by Crippen LogP contribution is 2.22. The Balaban J connectivity index is 2.22. The van der Waals surface area contributed by atoms with Crippen molar-refractivity contribution in [3.8, 4) is 6.07 Å². The fraction of sp³-hybridized carbons (Fsp3) is 0.400. The first kappa shape index (κ1) is 23.9. The van der Waals surface area contributed by atoms with Gasteiger partial charge in [0.15, 0.2) is 0 Å². The summed E-state index contributed by atoms with van der Waals surface area (Å²) in [5, 5.41) is 15.2. The molecule has 0 unspecified atom stereocenters. The van der Waals surface area contributed by atoms with E-state index in [0.717, 1.165) is 23.5 Å². The minimum Gasteiger partial charge on any atom is -0.348 e. The maximum atomic E-state index is 12.7. The van der Waals surface area contributed by atoms with Gasteiger partial charge in [0.25, 0.3) is 5.91 Å². The number of carbonyl (C=O) groups is 2. The van der Waals surface area contributed by atoms with Crippen LogP contribution in [0.2, 0.25) is 0 Å². The molecule has 2 rings (SSSR count). The highest BCUT2D eigenvalue weighted by Gasteiger charge is 2.21. The molecular weight excluding hydrogens is 388 g/mol. The average molecular weight is 421 g/mol. The van der Waals surface area contributed by atoms with E-state index in [1.165, 1.54) is 0 Å². The van der Waals surface area contributed by atoms with Gasteiger partial charge in [-0.3, -0.25) is 9.59 Å². The highest BCUT2D eigenvalue weighted by molar-refractivity contribution is 6.10. The summed E-state index contributed by atoms with van der Waals surface area (Å²) in [6.07, 6.45) is 1.62. The molecular formula is C25H32N4O2. The largest absolute Gasteiger partial charge is 0.348 e. The number of amides is 2. The van der Waals surface area contributed by atoms with Crippen LogP contribution in [0.15, 0.2) is 35.9 Å². The van der Waals surface area contributed by atoms with E-state index in [2.05, 4.69) is 29.0 Å². The van der Waals surface area contributed by atoms with Gasteiger partial charge in [-0.15, -0.1) is 0 Å². The molecule has 2 N–H and O–H groups in total. The average Bonchev–Trinajstić information content (AvgIpc) is 2.92. The Labute approximate surface area is 185 Å². The van der Waals surface area contributed by atoms with Crippen molar-refractivity contribution in [2.24, 2.45) is 11.3 Å². The highest BCUT2D eigenvalue weighted by atomic mass is 16.2. The molecule has 0 aliphatic rings. The number of aromatic nitrogens is 1. The van der Waals surface area contributed by atoms with Gasteiger partial charge in [-0.05, 0) is 55.7 Å². The van der Waals surface area contributed by atoms with Crippen molar-refractivity contribution < 1.29 is 9.59 Å². The van der Waals surface area contributed by atoms with E-state index in [1.807, 2.05) is 46.8 Å². The Morgan fingerprint density at radius 2 is 1.74 bits per heavy atom. The van der Waals surface area contributed by atoms with E-state index < -0.39 is 11.3 Å². The van der Waals surface area contributed by atoms with Crippen LogP contribution in [0.4, 0.5) is 11.4 Å². The summed E-state index contributed by atoms with van der Waals surface area (Å²) in [5.74, 6) is -0.118. The molecule has 2 amide bonds. The van der Waals surface area contributed by atoms with E-state index in [0.29, 0.717) is 17.3 Å². The SMILES string of the molecule is Cc1cc(/C=C(\C#N)C(=O)Nc2cccc(NC(=O)C(C)(C)C)c2)c(C)n1CC(C)C. The number of aryl methyl sites for hydroxylation is 1. The van der Waals surface area contributed by atoms with Crippen molar-refractivity contribution in [1.82, 2.24) is 4.57 Å². The summed E-state index contributed by atoms with van der Waals surface area (Å²) in [6, 6.07) is 10.9. The molecule has 6 nitrogen and oxygen atoms in total. The minimum atomic E-state index is -0.530. The van der Waals surface area contributed by atoms with Crippen LogP contribution in [0.1, 0.15) is 51.6 Å². The summed E-state index contributed by atoms with van der Waals surface area (Å²) >= 11 is 0. The van der Waals surface area contributed by atoms with Crippen molar-refractivity contribution in [3.05, 3.63) is 52.9 Å². The number of benzene rings is 1. The summed E-state index contributed by atoms with van der Waals surface area (Å²) in [4.78, 5) is 24.9. The third-order valence-electron chi connectivity index (χ3n) is 4.88. The molecule has 0 bridgehead atoms. The lowest BCUT2D eigenvalue weighted by atomic mass is 9.95. The Kier molecular flexibility index (Phi) is 7.46. The Morgan fingerprint density at radius 3 is 2.29 bits per heavy atom. The van der Waals surface area contributed by atoms with Crippen LogP contribution in [-0.4, -0.2) is 16.4 Å². The molecule has 0 atom stereocenters. The Hall–Kier alpha value is -3.33. The van der Waals surface area contributed by atoms with Gasteiger partial charge in [0.2, 0.25) is 5.91 Å². The zero-order valence-corrected chi connectivity index (χ0v) is 19.5. The van der Waals surface area contributed by atoms with Crippen LogP contribution in [0.25, 0.3) is 6.08 Å². The molecule has 31 heavy (non-hydrogen) atoms. The fourth-order valence-corrected chi connectivity index (χ4v) is 3.12. The lowest BCUT2D eigenvalue weighted by Gasteiger charge is -2.18. The van der Waals surface area contributed by atoms with Crippen LogP contribution in [0.5, 0.6) is 0 Å². The molecule has 0 aliphatic carbocycles. The third kappa shape index (κ3) is 6.32. The second kappa shape index (κ2) is 9.65. The molecule has 164 valence electrons. The summed E-state index contributed by atoms with van der Waals surface area (Å²) in [5.41, 5.74) is 3.56. The van der Waals surface area contributed by atoms with Crippen LogP contribution >= 0.6 is 0 Å². The number of rotatable bonds is 6. The summed E-state index contributed by atoms with van der Waals surface area (Å²) < 4.78 is 2.20. The van der Waals surface area contributed by atoms with E-state index in [-0.39, 0.29) is 11.5 Å². The molecule has 0 spiro atoms. The lowest BCUT2D eigenvalue weighted by molar-refractivity contribution is -0.123. The van der Waals surface area contributed by atoms with Gasteiger partial charge in [-0.1, -0.05) is 40.7 Å². The molecule has 6 heteroatoms. The Bertz CT molecular complexity index is 1050. The number of nitrogens with one attached hydrogen (secondary N) is 2. The van der Waals surface area contributed by atoms with Crippen molar-refractivity contribution in [2.45, 2.75) is 55.0 Å². The molecule has 1 aromatic heterocycles. The maximum absolute atomic E-state index is 12.7. The van der Waals surface area contributed by atoms with Crippen LogP contribution in [0, 0.1) is 36.5 Å². The van der Waals surface area contributed by atoms with E-state index in [1.54, 1.807) is 30.3 Å². The van der Waals surface area contributed by atoms with Gasteiger partial charge in [-0.2, -0.15) is 5.26 Å². The smallest absolute Gasteiger partial charge is 0.266 e. The van der Waals surface area contributed by atoms with Gasteiger partial charge in [0.05, 0.1) is 0 Å². The number of hydrogen-bond acceptors (Lipinski definition) is 3. The van der Waals surface area contributed by atoms with Gasteiger partial charge >= 0.3 is 0 Å². The predicted octanol–water partition coefficient (Wildman–Crippen LogP) is 5.29. The standard InChI is InChI=1S/C25H32N4O2/c1-16(2)15-29-17(3)11-19(18(29)4)12-20(14-26)23(30)27-21-9-8-10-22(13-21)28-24(31)25(5,6)7/h8-13,16H,15H2,1-7H3,(H,27,30)(H,28,31)/b20-12+. The molecule has 0 radical (unpaired) electrons. The fourth-order valence-electron chi connectivity index (χ4n) is 3.12. The molecule has 1 aromatic carbocycles. The van der Waals surface area contributed by atoms with Gasteiger partial charge in [0, 0.05) is 34.7 Å².